The van der Waals surface area contributed by atoms with E-state index < -0.39 is 23.7 Å². The maximum atomic E-state index is 13.2. The molecule has 8 aromatic heterocycles. The molecule has 11 rings (SSSR count). The maximum absolute atomic E-state index is 13.2. The van der Waals surface area contributed by atoms with Gasteiger partial charge in [-0.2, -0.15) is 26.3 Å². The summed E-state index contributed by atoms with van der Waals surface area (Å²) >= 11 is 6.13. The lowest BCUT2D eigenvalue weighted by Gasteiger charge is -2.25. The molecular weight excluding hydrogens is 1230 g/mol. The summed E-state index contributed by atoms with van der Waals surface area (Å²) in [5.74, 6) is 0.588. The Morgan fingerprint density at radius 3 is 1.46 bits per heavy atom. The predicted octanol–water partition coefficient (Wildman–Crippen LogP) is 9.67. The lowest BCUT2D eigenvalue weighted by molar-refractivity contribution is -0.141. The van der Waals surface area contributed by atoms with Crippen molar-refractivity contribution < 1.29 is 40.7 Å². The molecule has 446 valence electrons. The summed E-state index contributed by atoms with van der Waals surface area (Å²) < 4.78 is 82.0. The number of hydrogen-bond donors (Lipinski definition) is 6. The Balaban J connectivity index is 0.000000183. The van der Waals surface area contributed by atoms with Crippen molar-refractivity contribution in [3.63, 3.8) is 0 Å². The number of amides is 3. The first-order valence-electron chi connectivity index (χ1n) is 26.8. The topological polar surface area (TPSA) is 270 Å². The van der Waals surface area contributed by atoms with E-state index in [-0.39, 0.29) is 46.1 Å². The van der Waals surface area contributed by atoms with E-state index in [4.69, 9.17) is 5.73 Å². The number of likely N-dealkylation sites (tertiary alicyclic amines) is 2. The monoisotopic (exact) mass is 1290 g/mol. The highest BCUT2D eigenvalue weighted by Crippen LogP contribution is 2.32. The fourth-order valence-electron chi connectivity index (χ4n) is 8.68. The van der Waals surface area contributed by atoms with Crippen LogP contribution >= 0.6 is 31.9 Å². The van der Waals surface area contributed by atoms with Gasteiger partial charge in [0.1, 0.15) is 44.2 Å². The van der Waals surface area contributed by atoms with E-state index in [1.165, 1.54) is 91.3 Å². The van der Waals surface area contributed by atoms with E-state index in [1.54, 1.807) is 73.3 Å². The Kier molecular flexibility index (Phi) is 23.7. The number of fused-ring (bicyclic) bond motifs is 2. The molecule has 0 atom stereocenters. The molecule has 3 fully saturated rings. The van der Waals surface area contributed by atoms with Crippen LogP contribution in [0.1, 0.15) is 69.2 Å². The summed E-state index contributed by atoms with van der Waals surface area (Å²) in [6.07, 6.45) is 8.70. The van der Waals surface area contributed by atoms with Gasteiger partial charge in [-0.15, -0.1) is 10.2 Å². The van der Waals surface area contributed by atoms with Gasteiger partial charge in [0.05, 0.1) is 18.4 Å². The summed E-state index contributed by atoms with van der Waals surface area (Å²) in [6.45, 7) is 7.16. The molecule has 3 saturated heterocycles. The maximum Gasteiger partial charge on any atom is 0.433 e. The summed E-state index contributed by atoms with van der Waals surface area (Å²) in [5, 5.41) is 21.2. The van der Waals surface area contributed by atoms with Gasteiger partial charge >= 0.3 is 12.4 Å². The second kappa shape index (κ2) is 31.2. The standard InChI is InChI=1S/C24H23F3N8O.C17H10BrF3N6.C7H14N2O.C5H11N.C2H4BrNO/c25-24(26,27)19-8-4-6-17(30-19)22-32-23(18-7-5-13-35(18)33-22)29-16-9-10-28-20(14-16)31-21(36)15-34-11-2-1-3-12-34;18-14-9-10(6-7-22-14)23-16-12-4-2-8-27(12)26-15(25-16)11-3-1-5-13(24-11)17(19,20)21;8-7(10)6-9-4-2-1-3-5-9;1-2-4-6-5-3-1;3-1-2(4)5/h4-10,13-14H,1-3,11-12,15H2,(H2,28,29,31,32,33,36);1-9H,(H,22,23,25,26);1-6H2,(H2,8,10);6H,1-5H2;1H2,(H2,4,5). The van der Waals surface area contributed by atoms with E-state index in [0.29, 0.717) is 57.6 Å². The molecule has 11 heterocycles. The fourth-order valence-corrected chi connectivity index (χ4v) is 9.04. The van der Waals surface area contributed by atoms with Crippen molar-refractivity contribution in [3.05, 3.63) is 126 Å². The fraction of sp³-hybridized carbons (Fsp3) is 0.364. The van der Waals surface area contributed by atoms with Gasteiger partial charge in [-0.1, -0.05) is 47.3 Å². The Morgan fingerprint density at radius 1 is 0.571 bits per heavy atom. The summed E-state index contributed by atoms with van der Waals surface area (Å²) in [4.78, 5) is 61.1. The largest absolute Gasteiger partial charge is 0.433 e. The van der Waals surface area contributed by atoms with Crippen molar-refractivity contribution in [2.24, 2.45) is 11.5 Å². The minimum Gasteiger partial charge on any atom is -0.369 e. The number of rotatable bonds is 12. The number of primary amides is 2. The highest BCUT2D eigenvalue weighted by Gasteiger charge is 2.34. The summed E-state index contributed by atoms with van der Waals surface area (Å²) in [6, 6.07) is 21.2. The number of carbonyl (C=O) groups is 3. The van der Waals surface area contributed by atoms with Crippen molar-refractivity contribution in [2.75, 3.05) is 73.6 Å². The summed E-state index contributed by atoms with van der Waals surface area (Å²) in [5.41, 5.74) is 10.2. The van der Waals surface area contributed by atoms with Crippen molar-refractivity contribution in [3.8, 4) is 23.0 Å². The SMILES string of the molecule is C1CCNCC1.FC(F)(F)c1cccc(-c2nc(Nc3ccnc(Br)c3)c3cccn3n2)n1.NC(=O)CBr.NC(=O)CN1CCCCC1.O=C(CN1CCCCC1)Nc1cc(Nc2nc(-c3cccc(C(F)(F)F)n3)nn3cccc23)ccn1. The van der Waals surface area contributed by atoms with Crippen LogP contribution in [0.3, 0.4) is 0 Å². The third-order valence-electron chi connectivity index (χ3n) is 12.6. The number of halogens is 8. The molecule has 8 aromatic rings. The van der Waals surface area contributed by atoms with Crippen LogP contribution in [0, 0.1) is 0 Å². The van der Waals surface area contributed by atoms with Gasteiger partial charge in [-0.05, 0) is 160 Å². The van der Waals surface area contributed by atoms with E-state index in [9.17, 15) is 40.7 Å². The molecule has 0 spiro atoms. The van der Waals surface area contributed by atoms with Crippen LogP contribution in [-0.2, 0) is 26.7 Å². The molecule has 3 aliphatic heterocycles. The number of nitrogens with two attached hydrogens (primary N) is 2. The van der Waals surface area contributed by atoms with Gasteiger partial charge in [0.15, 0.2) is 11.6 Å². The van der Waals surface area contributed by atoms with Gasteiger partial charge in [0.25, 0.3) is 0 Å². The quantitative estimate of drug-likeness (QED) is 0.0377. The van der Waals surface area contributed by atoms with Crippen molar-refractivity contribution in [1.29, 1.82) is 0 Å². The molecule has 0 bridgehead atoms. The second-order valence-electron chi connectivity index (χ2n) is 19.2. The van der Waals surface area contributed by atoms with Crippen LogP contribution in [0.25, 0.3) is 34.1 Å². The number of anilines is 5. The van der Waals surface area contributed by atoms with Crippen molar-refractivity contribution >= 4 is 89.4 Å². The Morgan fingerprint density at radius 2 is 1.04 bits per heavy atom. The van der Waals surface area contributed by atoms with E-state index in [0.717, 1.165) is 51.2 Å². The zero-order chi connectivity index (χ0) is 60.1. The molecular formula is C55H62Br2F6N18O3. The Bertz CT molecular complexity index is 3410. The smallest absolute Gasteiger partial charge is 0.369 e. The summed E-state index contributed by atoms with van der Waals surface area (Å²) in [7, 11) is 0. The van der Waals surface area contributed by atoms with Crippen LogP contribution in [0.5, 0.6) is 0 Å². The van der Waals surface area contributed by atoms with Gasteiger partial charge in [-0.3, -0.25) is 24.2 Å². The molecule has 0 aromatic carbocycles. The number of nitrogens with one attached hydrogen (secondary N) is 4. The van der Waals surface area contributed by atoms with E-state index in [1.807, 2.05) is 0 Å². The average molecular weight is 1300 g/mol. The second-order valence-corrected chi connectivity index (χ2v) is 20.6. The average Bonchev–Trinajstić information content (AvgIpc) is 4.33. The minimum atomic E-state index is -4.58. The van der Waals surface area contributed by atoms with Gasteiger partial charge in [-0.25, -0.2) is 38.9 Å². The molecule has 8 N–H and O–H groups in total. The zero-order valence-corrected chi connectivity index (χ0v) is 48.6. The number of pyridine rings is 4. The molecule has 84 heavy (non-hydrogen) atoms. The van der Waals surface area contributed by atoms with Crippen molar-refractivity contribution in [2.45, 2.75) is 70.1 Å². The van der Waals surface area contributed by atoms with Crippen LogP contribution in [0.2, 0.25) is 0 Å². The molecule has 0 radical (unpaired) electrons. The van der Waals surface area contributed by atoms with Crippen LogP contribution in [0.15, 0.2) is 114 Å². The normalized spacial score (nSPS) is 14.7. The number of aromatic nitrogens is 10. The molecule has 3 aliphatic rings. The zero-order valence-electron chi connectivity index (χ0n) is 45.4. The molecule has 0 saturated carbocycles. The highest BCUT2D eigenvalue weighted by molar-refractivity contribution is 9.10. The minimum absolute atomic E-state index is 0.0103. The van der Waals surface area contributed by atoms with Crippen LogP contribution < -0.4 is 32.7 Å². The lowest BCUT2D eigenvalue weighted by atomic mass is 10.1. The molecule has 3 amide bonds. The Hall–Kier alpha value is -7.73. The molecule has 29 heteroatoms. The molecule has 0 aliphatic carbocycles. The first kappa shape index (κ1) is 63.8. The first-order chi connectivity index (χ1) is 40.3. The van der Waals surface area contributed by atoms with E-state index >= 15 is 0 Å². The van der Waals surface area contributed by atoms with Crippen LogP contribution in [-0.4, -0.2) is 134 Å². The number of piperidine rings is 3. The predicted molar refractivity (Wildman–Crippen MR) is 313 cm³/mol. The Labute approximate surface area is 496 Å². The molecule has 21 nitrogen and oxygen atoms in total. The third-order valence-corrected chi connectivity index (χ3v) is 13.6. The number of alkyl halides is 7. The number of carbonyl (C=O) groups excluding carboxylic acids is 3. The lowest BCUT2D eigenvalue weighted by Crippen LogP contribution is -2.37. The number of hydrogen-bond acceptors (Lipinski definition) is 16. The molecule has 0 unspecified atom stereocenters. The number of nitrogens with zero attached hydrogens (tertiary/aromatic N) is 12. The van der Waals surface area contributed by atoms with Gasteiger partial charge < -0.3 is 32.7 Å². The van der Waals surface area contributed by atoms with Gasteiger partial charge in [0, 0.05) is 42.2 Å². The first-order valence-corrected chi connectivity index (χ1v) is 28.7. The van der Waals surface area contributed by atoms with Crippen LogP contribution in [0.4, 0.5) is 55.2 Å². The third kappa shape index (κ3) is 20.3. The highest BCUT2D eigenvalue weighted by atomic mass is 79.9. The van der Waals surface area contributed by atoms with Crippen molar-refractivity contribution in [1.82, 2.24) is 64.2 Å². The van der Waals surface area contributed by atoms with E-state index in [2.05, 4.69) is 109 Å². The van der Waals surface area contributed by atoms with Gasteiger partial charge in [0.2, 0.25) is 29.4 Å².